The van der Waals surface area contributed by atoms with Crippen molar-refractivity contribution in [2.24, 2.45) is 0 Å². The minimum atomic E-state index is 0.581. The summed E-state index contributed by atoms with van der Waals surface area (Å²) in [4.78, 5) is 0. The quantitative estimate of drug-likeness (QED) is 0.509. The van der Waals surface area contributed by atoms with Crippen molar-refractivity contribution in [3.05, 3.63) is 90.5 Å². The molecule has 0 aromatic heterocycles. The van der Waals surface area contributed by atoms with E-state index in [1.54, 1.807) is 0 Å². The first-order valence-electron chi connectivity index (χ1n) is 6.22. The molecule has 0 heterocycles. The van der Waals surface area contributed by atoms with Crippen LogP contribution in [0.4, 0.5) is 0 Å². The zero-order valence-corrected chi connectivity index (χ0v) is 11.8. The molecule has 0 unspecified atom stereocenters. The average molecular weight is 271 g/mol. The second-order valence-corrected chi connectivity index (χ2v) is 4.32. The molecule has 0 bridgehead atoms. The molecular weight excluding hydrogens is 252 g/mol. The Balaban J connectivity index is 0.000000191. The number of rotatable bonds is 4. The third kappa shape index (κ3) is 6.08. The van der Waals surface area contributed by atoms with Crippen LogP contribution in [-0.2, 0) is 12.3 Å². The molecule has 2 rings (SSSR count). The van der Waals surface area contributed by atoms with Crippen LogP contribution in [-0.4, -0.2) is 0 Å². The highest BCUT2D eigenvalue weighted by atomic mass is 35.5. The van der Waals surface area contributed by atoms with Crippen molar-refractivity contribution < 1.29 is 0 Å². The van der Waals surface area contributed by atoms with Crippen molar-refractivity contribution in [3.8, 4) is 0 Å². The van der Waals surface area contributed by atoms with E-state index in [0.29, 0.717) is 5.88 Å². The Labute approximate surface area is 121 Å². The molecule has 1 heteroatoms. The third-order valence-corrected chi connectivity index (χ3v) is 2.90. The molecule has 2 aromatic carbocycles. The van der Waals surface area contributed by atoms with Gasteiger partial charge in [-0.2, -0.15) is 0 Å². The molecule has 0 saturated heterocycles. The van der Waals surface area contributed by atoms with Crippen molar-refractivity contribution in [1.82, 2.24) is 0 Å². The van der Waals surface area contributed by atoms with Gasteiger partial charge in [-0.15, -0.1) is 18.2 Å². The van der Waals surface area contributed by atoms with Gasteiger partial charge < -0.3 is 0 Å². The van der Waals surface area contributed by atoms with Gasteiger partial charge in [-0.25, -0.2) is 0 Å². The largest absolute Gasteiger partial charge is 0.122 e. The van der Waals surface area contributed by atoms with E-state index in [-0.39, 0.29) is 0 Å². The highest BCUT2D eigenvalue weighted by molar-refractivity contribution is 6.17. The van der Waals surface area contributed by atoms with Gasteiger partial charge >= 0.3 is 0 Å². The zero-order chi connectivity index (χ0) is 13.9. The van der Waals surface area contributed by atoms with Crippen molar-refractivity contribution in [2.75, 3.05) is 0 Å². The van der Waals surface area contributed by atoms with Gasteiger partial charge in [0.25, 0.3) is 0 Å². The second-order valence-electron chi connectivity index (χ2n) is 4.06. The molecule has 0 fully saturated rings. The summed E-state index contributed by atoms with van der Waals surface area (Å²) in [6, 6.07) is 18.3. The van der Waals surface area contributed by atoms with Crippen LogP contribution in [0.1, 0.15) is 16.7 Å². The first kappa shape index (κ1) is 15.3. The summed E-state index contributed by atoms with van der Waals surface area (Å²) in [5.41, 5.74) is 3.61. The Hall–Kier alpha value is -1.79. The smallest absolute Gasteiger partial charge is 0.0474 e. The third-order valence-electron chi connectivity index (χ3n) is 2.59. The van der Waals surface area contributed by atoms with Crippen LogP contribution in [0.3, 0.4) is 0 Å². The van der Waals surface area contributed by atoms with Crippen LogP contribution < -0.4 is 0 Å². The van der Waals surface area contributed by atoms with Crippen LogP contribution >= 0.6 is 11.6 Å². The Morgan fingerprint density at radius 3 is 1.95 bits per heavy atom. The minimum absolute atomic E-state index is 0.581. The molecule has 0 amide bonds. The molecule has 0 spiro atoms. The van der Waals surface area contributed by atoms with E-state index in [4.69, 9.17) is 11.6 Å². The Kier molecular flexibility index (Phi) is 7.38. The van der Waals surface area contributed by atoms with E-state index < -0.39 is 0 Å². The summed E-state index contributed by atoms with van der Waals surface area (Å²) < 4.78 is 0. The van der Waals surface area contributed by atoms with Crippen LogP contribution in [0.5, 0.6) is 0 Å². The Morgan fingerprint density at radius 1 is 0.842 bits per heavy atom. The van der Waals surface area contributed by atoms with Crippen molar-refractivity contribution in [1.29, 1.82) is 0 Å². The molecule has 0 saturated carbocycles. The maximum Gasteiger partial charge on any atom is 0.0474 e. The number of hydrogen-bond donors (Lipinski definition) is 0. The Bertz CT molecular complexity index is 483. The number of benzene rings is 2. The predicted octanol–water partition coefficient (Wildman–Crippen LogP) is 5.48. The summed E-state index contributed by atoms with van der Waals surface area (Å²) in [7, 11) is 0. The molecule has 0 aliphatic carbocycles. The van der Waals surface area contributed by atoms with E-state index >= 15 is 0 Å². The van der Waals surface area contributed by atoms with Crippen molar-refractivity contribution in [3.63, 3.8) is 0 Å². The van der Waals surface area contributed by atoms with Crippen LogP contribution in [0.25, 0.3) is 6.08 Å². The standard InChI is InChI=1S/C9H9Cl.C9H10/c1-2-8-3-5-9(7-10)6-4-8;1-2-6-9-7-4-3-5-8-9/h2-6H,1,7H2;2-5,7-8H,1,6H2. The molecule has 98 valence electrons. The van der Waals surface area contributed by atoms with E-state index in [9.17, 15) is 0 Å². The van der Waals surface area contributed by atoms with Crippen molar-refractivity contribution >= 4 is 17.7 Å². The predicted molar refractivity (Wildman–Crippen MR) is 86.4 cm³/mol. The lowest BCUT2D eigenvalue weighted by molar-refractivity contribution is 1.28. The number of alkyl halides is 1. The van der Waals surface area contributed by atoms with E-state index in [1.807, 2.05) is 54.6 Å². The van der Waals surface area contributed by atoms with Crippen molar-refractivity contribution in [2.45, 2.75) is 12.3 Å². The molecule has 0 radical (unpaired) electrons. The van der Waals surface area contributed by atoms with Crippen LogP contribution in [0.2, 0.25) is 0 Å². The summed E-state index contributed by atoms with van der Waals surface area (Å²) in [6.45, 7) is 7.31. The zero-order valence-electron chi connectivity index (χ0n) is 11.1. The topological polar surface area (TPSA) is 0 Å². The van der Waals surface area contributed by atoms with Gasteiger partial charge in [-0.1, -0.05) is 73.3 Å². The summed E-state index contributed by atoms with van der Waals surface area (Å²) >= 11 is 5.60. The van der Waals surface area contributed by atoms with Gasteiger partial charge in [0.15, 0.2) is 0 Å². The summed E-state index contributed by atoms with van der Waals surface area (Å²) in [5.74, 6) is 0.581. The van der Waals surface area contributed by atoms with E-state index in [2.05, 4.69) is 25.3 Å². The molecule has 0 N–H and O–H groups in total. The van der Waals surface area contributed by atoms with Crippen LogP contribution in [0, 0.1) is 0 Å². The molecule has 0 aliphatic heterocycles. The number of halogens is 1. The highest BCUT2D eigenvalue weighted by Gasteiger charge is 1.87. The molecular formula is C18H19Cl. The maximum absolute atomic E-state index is 5.60. The molecule has 0 atom stereocenters. The lowest BCUT2D eigenvalue weighted by Gasteiger charge is -1.94. The first-order valence-corrected chi connectivity index (χ1v) is 6.75. The molecule has 19 heavy (non-hydrogen) atoms. The number of allylic oxidation sites excluding steroid dienone is 1. The van der Waals surface area contributed by atoms with Gasteiger partial charge in [0, 0.05) is 5.88 Å². The second kappa shape index (κ2) is 9.18. The lowest BCUT2D eigenvalue weighted by atomic mass is 10.1. The average Bonchev–Trinajstić information content (AvgIpc) is 2.49. The number of hydrogen-bond acceptors (Lipinski definition) is 0. The minimum Gasteiger partial charge on any atom is -0.122 e. The molecule has 0 aliphatic rings. The van der Waals surface area contributed by atoms with E-state index in [0.717, 1.165) is 17.5 Å². The Morgan fingerprint density at radius 2 is 1.47 bits per heavy atom. The van der Waals surface area contributed by atoms with Gasteiger partial charge in [0.1, 0.15) is 0 Å². The van der Waals surface area contributed by atoms with E-state index in [1.165, 1.54) is 5.56 Å². The summed E-state index contributed by atoms with van der Waals surface area (Å²) in [6.07, 6.45) is 4.70. The molecule has 2 aromatic rings. The fourth-order valence-corrected chi connectivity index (χ4v) is 1.70. The lowest BCUT2D eigenvalue weighted by Crippen LogP contribution is -1.76. The maximum atomic E-state index is 5.60. The molecule has 0 nitrogen and oxygen atoms in total. The van der Waals surface area contributed by atoms with Gasteiger partial charge in [-0.3, -0.25) is 0 Å². The van der Waals surface area contributed by atoms with Gasteiger partial charge in [-0.05, 0) is 23.1 Å². The fourth-order valence-electron chi connectivity index (χ4n) is 1.52. The summed E-state index contributed by atoms with van der Waals surface area (Å²) in [5, 5.41) is 0. The van der Waals surface area contributed by atoms with Crippen LogP contribution in [0.15, 0.2) is 73.8 Å². The highest BCUT2D eigenvalue weighted by Crippen LogP contribution is 2.06. The SMILES string of the molecule is C=CCc1ccccc1.C=Cc1ccc(CCl)cc1. The van der Waals surface area contributed by atoms with Gasteiger partial charge in [0.05, 0.1) is 0 Å². The normalized spacial score (nSPS) is 9.11. The fraction of sp³-hybridized carbons (Fsp3) is 0.111. The monoisotopic (exact) mass is 270 g/mol. The first-order chi connectivity index (χ1) is 9.30. The van der Waals surface area contributed by atoms with Gasteiger partial charge in [0.2, 0.25) is 0 Å².